The van der Waals surface area contributed by atoms with Gasteiger partial charge in [0.05, 0.1) is 17.1 Å². The van der Waals surface area contributed by atoms with Crippen molar-refractivity contribution in [2.24, 2.45) is 5.92 Å². The van der Waals surface area contributed by atoms with Crippen molar-refractivity contribution in [2.75, 3.05) is 24.6 Å². The highest BCUT2D eigenvalue weighted by Crippen LogP contribution is 2.38. The number of hydrogen-bond donors (Lipinski definition) is 2. The van der Waals surface area contributed by atoms with Crippen molar-refractivity contribution in [3.8, 4) is 0 Å². The number of carbonyl (C=O) groups excluding carboxylic acids is 1. The average molecular weight is 514 g/mol. The lowest BCUT2D eigenvalue weighted by atomic mass is 9.78. The summed E-state index contributed by atoms with van der Waals surface area (Å²) in [6.45, 7) is 6.27. The van der Waals surface area contributed by atoms with Crippen LogP contribution in [0.2, 0.25) is 0 Å². The minimum Gasteiger partial charge on any atom is -0.399 e. The van der Waals surface area contributed by atoms with Crippen molar-refractivity contribution >= 4 is 28.3 Å². The van der Waals surface area contributed by atoms with Crippen LogP contribution >= 0.6 is 0 Å². The molecule has 1 fully saturated rings. The van der Waals surface area contributed by atoms with Gasteiger partial charge in [0, 0.05) is 30.6 Å². The number of hydrogen-bond acceptors (Lipinski definition) is 5. The van der Waals surface area contributed by atoms with E-state index in [4.69, 9.17) is 5.73 Å². The topological polar surface area (TPSA) is 84.1 Å². The molecule has 1 amide bonds. The van der Waals surface area contributed by atoms with Crippen LogP contribution < -0.4 is 11.1 Å². The Morgan fingerprint density at radius 1 is 1.14 bits per heavy atom. The third-order valence-corrected chi connectivity index (χ3v) is 7.39. The van der Waals surface area contributed by atoms with Gasteiger partial charge in [-0.15, -0.1) is 0 Å². The summed E-state index contributed by atoms with van der Waals surface area (Å²) in [7, 11) is 1.85. The Morgan fingerprint density at radius 2 is 1.84 bits per heavy atom. The molecule has 1 saturated carbocycles. The smallest absolute Gasteiger partial charge is 0.399 e. The van der Waals surface area contributed by atoms with Gasteiger partial charge in [0.25, 0.3) is 0 Å². The molecule has 2 aromatic carbocycles. The molecule has 1 aliphatic carbocycles. The maximum absolute atomic E-state index is 13.3. The van der Waals surface area contributed by atoms with Crippen LogP contribution in [-0.4, -0.2) is 34.4 Å². The number of aryl methyl sites for hydroxylation is 1. The van der Waals surface area contributed by atoms with Gasteiger partial charge in [-0.2, -0.15) is 13.2 Å². The fraction of sp³-hybridized carbons (Fsp3) is 0.464. The Hall–Kier alpha value is -3.36. The molecular weight excluding hydrogens is 479 g/mol. The highest BCUT2D eigenvalue weighted by Gasteiger charge is 2.32. The molecule has 1 aromatic heterocycles. The van der Waals surface area contributed by atoms with Crippen molar-refractivity contribution < 1.29 is 18.0 Å². The maximum atomic E-state index is 13.3. The van der Waals surface area contributed by atoms with Crippen LogP contribution in [0.25, 0.3) is 10.9 Å². The second-order valence-electron chi connectivity index (χ2n) is 10.0. The zero-order chi connectivity index (χ0) is 26.9. The van der Waals surface area contributed by atoms with Gasteiger partial charge < -0.3 is 16.0 Å². The molecule has 198 valence electrons. The van der Waals surface area contributed by atoms with E-state index in [0.29, 0.717) is 29.7 Å². The quantitative estimate of drug-likeness (QED) is 0.369. The number of amides is 1. The molecule has 0 saturated heterocycles. The van der Waals surface area contributed by atoms with E-state index in [0.717, 1.165) is 54.3 Å². The van der Waals surface area contributed by atoms with E-state index in [-0.39, 0.29) is 17.5 Å². The number of nitrogens with two attached hydrogens (primary N) is 1. The normalized spacial score (nSPS) is 19.0. The van der Waals surface area contributed by atoms with Crippen LogP contribution in [-0.2, 0) is 11.0 Å². The summed E-state index contributed by atoms with van der Waals surface area (Å²) in [6, 6.07) is 9.27. The Bertz CT molecular complexity index is 1280. The Labute approximate surface area is 215 Å². The molecule has 1 aliphatic rings. The third-order valence-electron chi connectivity index (χ3n) is 7.39. The van der Waals surface area contributed by atoms with Gasteiger partial charge in [0.15, 0.2) is 0 Å². The first kappa shape index (κ1) is 26.7. The molecule has 0 spiro atoms. The molecule has 6 nitrogen and oxygen atoms in total. The van der Waals surface area contributed by atoms with Crippen LogP contribution in [0, 0.1) is 12.8 Å². The minimum absolute atomic E-state index is 0.0590. The van der Waals surface area contributed by atoms with Crippen molar-refractivity contribution in [3.63, 3.8) is 0 Å². The molecule has 37 heavy (non-hydrogen) atoms. The number of benzene rings is 2. The van der Waals surface area contributed by atoms with Gasteiger partial charge in [0.1, 0.15) is 11.6 Å². The Balaban J connectivity index is 1.59. The summed E-state index contributed by atoms with van der Waals surface area (Å²) in [5.74, 6) is 1.76. The van der Waals surface area contributed by atoms with E-state index in [1.807, 2.05) is 20.0 Å². The molecule has 3 N–H and O–H groups in total. The van der Waals surface area contributed by atoms with E-state index >= 15 is 0 Å². The number of halogens is 3. The molecule has 3 aromatic rings. The molecule has 0 bridgehead atoms. The summed E-state index contributed by atoms with van der Waals surface area (Å²) >= 11 is 0. The summed E-state index contributed by atoms with van der Waals surface area (Å²) in [6.07, 6.45) is -0.916. The van der Waals surface area contributed by atoms with Crippen molar-refractivity contribution in [1.82, 2.24) is 14.9 Å². The van der Waals surface area contributed by atoms with Gasteiger partial charge in [-0.1, -0.05) is 6.07 Å². The number of alkyl halides is 3. The molecule has 4 rings (SSSR count). The zero-order valence-corrected chi connectivity index (χ0v) is 21.7. The van der Waals surface area contributed by atoms with Crippen molar-refractivity contribution in [2.45, 2.75) is 64.6 Å². The molecule has 0 unspecified atom stereocenters. The zero-order valence-electron chi connectivity index (χ0n) is 21.7. The van der Waals surface area contributed by atoms with Crippen LogP contribution in [0.1, 0.15) is 74.0 Å². The summed E-state index contributed by atoms with van der Waals surface area (Å²) in [4.78, 5) is 23.5. The molecule has 9 heteroatoms. The number of rotatable bonds is 6. The fourth-order valence-corrected chi connectivity index (χ4v) is 5.15. The predicted octanol–water partition coefficient (Wildman–Crippen LogP) is 6.46. The molecule has 1 heterocycles. The summed E-state index contributed by atoms with van der Waals surface area (Å²) in [5.41, 5.74) is 7.41. The number of anilines is 2. The highest BCUT2D eigenvalue weighted by molar-refractivity contribution is 5.90. The minimum atomic E-state index is -4.48. The predicted molar refractivity (Wildman–Crippen MR) is 140 cm³/mol. The van der Waals surface area contributed by atoms with E-state index in [9.17, 15) is 18.0 Å². The van der Waals surface area contributed by atoms with Crippen molar-refractivity contribution in [3.05, 3.63) is 58.9 Å². The standard InChI is InChI=1S/C28H34F3N5O/c1-5-36(4)27(37)19-8-6-18(7-9-19)20-10-11-25-24(14-20)26(35-17(3)34-25)33-16(2)21-12-22(28(29,30)31)15-23(32)13-21/h10-16,18-19H,5-9,32H2,1-4H3,(H,33,34,35)/t16-,18?,19?/m1/s1. The number of carbonyl (C=O) groups is 1. The van der Waals surface area contributed by atoms with Crippen LogP contribution in [0.4, 0.5) is 24.7 Å². The van der Waals surface area contributed by atoms with Gasteiger partial charge in [-0.05, 0) is 93.8 Å². The van der Waals surface area contributed by atoms with Crippen LogP contribution in [0.15, 0.2) is 36.4 Å². The van der Waals surface area contributed by atoms with Gasteiger partial charge in [-0.3, -0.25) is 4.79 Å². The number of nitrogen functional groups attached to an aromatic ring is 1. The fourth-order valence-electron chi connectivity index (χ4n) is 5.15. The van der Waals surface area contributed by atoms with Crippen LogP contribution in [0.5, 0.6) is 0 Å². The first-order valence-electron chi connectivity index (χ1n) is 12.7. The summed E-state index contributed by atoms with van der Waals surface area (Å²) in [5, 5.41) is 4.11. The SMILES string of the molecule is CCN(C)C(=O)C1CCC(c2ccc3nc(C)nc(N[C@H](C)c4cc(N)cc(C(F)(F)F)c4)c3c2)CC1. The van der Waals surface area contributed by atoms with Crippen LogP contribution in [0.3, 0.4) is 0 Å². The van der Waals surface area contributed by atoms with E-state index in [1.54, 1.807) is 24.8 Å². The Morgan fingerprint density at radius 3 is 2.49 bits per heavy atom. The maximum Gasteiger partial charge on any atom is 0.416 e. The van der Waals surface area contributed by atoms with E-state index < -0.39 is 17.8 Å². The monoisotopic (exact) mass is 513 g/mol. The number of nitrogens with zero attached hydrogens (tertiary/aromatic N) is 3. The second-order valence-corrected chi connectivity index (χ2v) is 10.0. The molecular formula is C28H34F3N5O. The van der Waals surface area contributed by atoms with E-state index in [1.165, 1.54) is 0 Å². The molecule has 1 atom stereocenters. The van der Waals surface area contributed by atoms with Gasteiger partial charge >= 0.3 is 6.18 Å². The first-order chi connectivity index (χ1) is 17.5. The number of nitrogens with one attached hydrogen (secondary N) is 1. The highest BCUT2D eigenvalue weighted by atomic mass is 19.4. The second kappa shape index (κ2) is 10.6. The first-order valence-corrected chi connectivity index (χ1v) is 12.7. The lowest BCUT2D eigenvalue weighted by Gasteiger charge is -2.30. The average Bonchev–Trinajstić information content (AvgIpc) is 2.86. The third kappa shape index (κ3) is 5.97. The number of aromatic nitrogens is 2. The number of fused-ring (bicyclic) bond motifs is 1. The lowest BCUT2D eigenvalue weighted by Crippen LogP contribution is -2.34. The van der Waals surface area contributed by atoms with Crippen molar-refractivity contribution in [1.29, 1.82) is 0 Å². The lowest BCUT2D eigenvalue weighted by molar-refractivity contribution is -0.137. The van der Waals surface area contributed by atoms with E-state index in [2.05, 4.69) is 27.4 Å². The largest absolute Gasteiger partial charge is 0.416 e. The summed E-state index contributed by atoms with van der Waals surface area (Å²) < 4.78 is 40.0. The Kier molecular flexibility index (Phi) is 7.62. The molecule has 0 radical (unpaired) electrons. The van der Waals surface area contributed by atoms with Gasteiger partial charge in [0.2, 0.25) is 5.91 Å². The van der Waals surface area contributed by atoms with Gasteiger partial charge in [-0.25, -0.2) is 9.97 Å². The molecule has 0 aliphatic heterocycles.